The van der Waals surface area contributed by atoms with Crippen LogP contribution in [0.15, 0.2) is 12.1 Å². The van der Waals surface area contributed by atoms with Gasteiger partial charge >= 0.3 is 0 Å². The van der Waals surface area contributed by atoms with Gasteiger partial charge in [-0.25, -0.2) is 4.98 Å². The van der Waals surface area contributed by atoms with Crippen molar-refractivity contribution in [2.24, 2.45) is 0 Å². The van der Waals surface area contributed by atoms with E-state index in [9.17, 15) is 0 Å². The Bertz CT molecular complexity index is 543. The molecule has 0 spiro atoms. The lowest BCUT2D eigenvalue weighted by Crippen LogP contribution is -2.07. The van der Waals surface area contributed by atoms with Crippen LogP contribution in [0.25, 0.3) is 0 Å². The van der Waals surface area contributed by atoms with E-state index in [4.69, 9.17) is 0 Å². The smallest absolute Gasteiger partial charge is 0.224 e. The number of thiophene rings is 1. The number of hydrogen-bond donors (Lipinski definition) is 2. The van der Waals surface area contributed by atoms with Gasteiger partial charge in [0, 0.05) is 28.1 Å². The van der Waals surface area contributed by atoms with Gasteiger partial charge in [0.25, 0.3) is 0 Å². The van der Waals surface area contributed by atoms with Crippen LogP contribution in [0.3, 0.4) is 0 Å². The second-order valence-electron chi connectivity index (χ2n) is 4.55. The van der Waals surface area contributed by atoms with Gasteiger partial charge in [0.15, 0.2) is 0 Å². The molecule has 4 nitrogen and oxygen atoms in total. The Hall–Kier alpha value is -1.62. The Kier molecular flexibility index (Phi) is 4.37. The zero-order chi connectivity index (χ0) is 13.8. The summed E-state index contributed by atoms with van der Waals surface area (Å²) in [6.07, 6.45) is 0. The molecule has 0 aliphatic rings. The molecule has 0 bridgehead atoms. The molecule has 19 heavy (non-hydrogen) atoms. The monoisotopic (exact) mass is 276 g/mol. The SMILES string of the molecule is CCNc1nc(C)cc(NCc2cc(C)c(C)s2)n1. The van der Waals surface area contributed by atoms with Crippen LogP contribution >= 0.6 is 11.3 Å². The quantitative estimate of drug-likeness (QED) is 0.877. The number of anilines is 2. The fourth-order valence-electron chi connectivity index (χ4n) is 1.81. The highest BCUT2D eigenvalue weighted by molar-refractivity contribution is 7.12. The maximum atomic E-state index is 4.44. The zero-order valence-electron chi connectivity index (χ0n) is 11.9. The van der Waals surface area contributed by atoms with Crippen molar-refractivity contribution in [3.05, 3.63) is 33.1 Å². The van der Waals surface area contributed by atoms with Gasteiger partial charge in [-0.3, -0.25) is 0 Å². The topological polar surface area (TPSA) is 49.8 Å². The van der Waals surface area contributed by atoms with E-state index in [2.05, 4.69) is 40.5 Å². The summed E-state index contributed by atoms with van der Waals surface area (Å²) in [4.78, 5) is 11.5. The predicted molar refractivity (Wildman–Crippen MR) is 82.1 cm³/mol. The van der Waals surface area contributed by atoms with Gasteiger partial charge in [-0.15, -0.1) is 11.3 Å². The summed E-state index contributed by atoms with van der Waals surface area (Å²) in [5.74, 6) is 1.55. The molecule has 0 saturated heterocycles. The zero-order valence-corrected chi connectivity index (χ0v) is 12.7. The molecule has 2 aromatic rings. The first-order valence-corrected chi connectivity index (χ1v) is 7.29. The van der Waals surface area contributed by atoms with Gasteiger partial charge in [-0.1, -0.05) is 0 Å². The first-order chi connectivity index (χ1) is 9.08. The minimum absolute atomic E-state index is 0.684. The highest BCUT2D eigenvalue weighted by Crippen LogP contribution is 2.21. The van der Waals surface area contributed by atoms with E-state index in [1.54, 1.807) is 0 Å². The number of nitrogens with zero attached hydrogens (tertiary/aromatic N) is 2. The van der Waals surface area contributed by atoms with E-state index in [1.807, 2.05) is 31.3 Å². The van der Waals surface area contributed by atoms with Crippen molar-refractivity contribution in [2.75, 3.05) is 17.2 Å². The summed E-state index contributed by atoms with van der Waals surface area (Å²) in [6, 6.07) is 4.19. The third-order valence-electron chi connectivity index (χ3n) is 2.85. The first-order valence-electron chi connectivity index (χ1n) is 6.48. The minimum atomic E-state index is 0.684. The molecule has 2 aromatic heterocycles. The third kappa shape index (κ3) is 3.67. The van der Waals surface area contributed by atoms with Crippen molar-refractivity contribution in [1.82, 2.24) is 9.97 Å². The van der Waals surface area contributed by atoms with E-state index < -0.39 is 0 Å². The highest BCUT2D eigenvalue weighted by atomic mass is 32.1. The van der Waals surface area contributed by atoms with E-state index in [1.165, 1.54) is 15.3 Å². The van der Waals surface area contributed by atoms with Crippen LogP contribution in [0.1, 0.15) is 27.9 Å². The molecular formula is C14H20N4S. The molecule has 0 aliphatic carbocycles. The van der Waals surface area contributed by atoms with Gasteiger partial charge in [-0.05, 0) is 39.3 Å². The Morgan fingerprint density at radius 1 is 1.11 bits per heavy atom. The minimum Gasteiger partial charge on any atom is -0.365 e. The van der Waals surface area contributed by atoms with Crippen molar-refractivity contribution in [1.29, 1.82) is 0 Å². The van der Waals surface area contributed by atoms with Crippen LogP contribution in [0.2, 0.25) is 0 Å². The van der Waals surface area contributed by atoms with Gasteiger partial charge < -0.3 is 10.6 Å². The standard InChI is InChI=1S/C14H20N4S/c1-5-15-14-17-10(3)7-13(18-14)16-8-12-6-9(2)11(4)19-12/h6-7H,5,8H2,1-4H3,(H2,15,16,17,18). The van der Waals surface area contributed by atoms with Gasteiger partial charge in [-0.2, -0.15) is 4.98 Å². The Labute approximate surface area is 118 Å². The van der Waals surface area contributed by atoms with E-state index >= 15 is 0 Å². The molecule has 2 N–H and O–H groups in total. The number of aryl methyl sites for hydroxylation is 3. The fourth-order valence-corrected chi connectivity index (χ4v) is 2.80. The number of hydrogen-bond acceptors (Lipinski definition) is 5. The summed E-state index contributed by atoms with van der Waals surface area (Å²) in [7, 11) is 0. The van der Waals surface area contributed by atoms with Gasteiger partial charge in [0.05, 0.1) is 6.54 Å². The van der Waals surface area contributed by atoms with Crippen molar-refractivity contribution < 1.29 is 0 Å². The van der Waals surface area contributed by atoms with Crippen molar-refractivity contribution in [3.8, 4) is 0 Å². The lowest BCUT2D eigenvalue weighted by atomic mass is 10.3. The summed E-state index contributed by atoms with van der Waals surface area (Å²) >= 11 is 1.83. The van der Waals surface area contributed by atoms with Crippen LogP contribution in [0.5, 0.6) is 0 Å². The van der Waals surface area contributed by atoms with Gasteiger partial charge in [0.2, 0.25) is 5.95 Å². The Balaban J connectivity index is 2.06. The molecule has 102 valence electrons. The van der Waals surface area contributed by atoms with E-state index in [-0.39, 0.29) is 0 Å². The first kappa shape index (κ1) is 13.8. The van der Waals surface area contributed by atoms with Crippen LogP contribution in [0.4, 0.5) is 11.8 Å². The highest BCUT2D eigenvalue weighted by Gasteiger charge is 2.04. The lowest BCUT2D eigenvalue weighted by molar-refractivity contribution is 1.03. The van der Waals surface area contributed by atoms with E-state index in [0.29, 0.717) is 5.95 Å². The average Bonchev–Trinajstić information content (AvgIpc) is 2.66. The van der Waals surface area contributed by atoms with Crippen LogP contribution < -0.4 is 10.6 Å². The maximum Gasteiger partial charge on any atom is 0.224 e. The number of rotatable bonds is 5. The average molecular weight is 276 g/mol. The maximum absolute atomic E-state index is 4.44. The molecule has 0 saturated carbocycles. The molecule has 2 rings (SSSR count). The largest absolute Gasteiger partial charge is 0.365 e. The van der Waals surface area contributed by atoms with Crippen LogP contribution in [-0.2, 0) is 6.54 Å². The molecule has 0 radical (unpaired) electrons. The van der Waals surface area contributed by atoms with Crippen LogP contribution in [-0.4, -0.2) is 16.5 Å². The van der Waals surface area contributed by atoms with Crippen LogP contribution in [0, 0.1) is 20.8 Å². The normalized spacial score (nSPS) is 10.5. The molecular weight excluding hydrogens is 256 g/mol. The summed E-state index contributed by atoms with van der Waals surface area (Å²) in [5.41, 5.74) is 2.32. The van der Waals surface area contributed by atoms with Crippen molar-refractivity contribution in [3.63, 3.8) is 0 Å². The molecule has 0 aliphatic heterocycles. The second kappa shape index (κ2) is 6.02. The predicted octanol–water partition coefficient (Wildman–Crippen LogP) is 3.51. The number of nitrogens with one attached hydrogen (secondary N) is 2. The molecule has 0 fully saturated rings. The summed E-state index contributed by atoms with van der Waals surface area (Å²) < 4.78 is 0. The van der Waals surface area contributed by atoms with Crippen molar-refractivity contribution >= 4 is 23.1 Å². The molecule has 0 unspecified atom stereocenters. The summed E-state index contributed by atoms with van der Waals surface area (Å²) in [5, 5.41) is 6.50. The molecule has 5 heteroatoms. The molecule has 0 aromatic carbocycles. The van der Waals surface area contributed by atoms with Crippen molar-refractivity contribution in [2.45, 2.75) is 34.2 Å². The Morgan fingerprint density at radius 2 is 1.89 bits per heavy atom. The molecule has 2 heterocycles. The lowest BCUT2D eigenvalue weighted by Gasteiger charge is -2.08. The fraction of sp³-hybridized carbons (Fsp3) is 0.429. The second-order valence-corrected chi connectivity index (χ2v) is 5.89. The molecule has 0 amide bonds. The summed E-state index contributed by atoms with van der Waals surface area (Å²) in [6.45, 7) is 9.95. The Morgan fingerprint density at radius 3 is 2.53 bits per heavy atom. The van der Waals surface area contributed by atoms with Gasteiger partial charge in [0.1, 0.15) is 5.82 Å². The molecule has 0 atom stereocenters. The third-order valence-corrected chi connectivity index (χ3v) is 4.00. The van der Waals surface area contributed by atoms with E-state index in [0.717, 1.165) is 24.6 Å². The number of aromatic nitrogens is 2.